The average molecular weight is 267 g/mol. The fourth-order valence-corrected chi connectivity index (χ4v) is 1.82. The van der Waals surface area contributed by atoms with E-state index >= 15 is 0 Å². The average Bonchev–Trinajstić information content (AvgIpc) is 2.43. The van der Waals surface area contributed by atoms with Crippen molar-refractivity contribution in [2.24, 2.45) is 0 Å². The van der Waals surface area contributed by atoms with Crippen molar-refractivity contribution < 1.29 is 19.4 Å². The molecule has 1 atom stereocenters. The first-order chi connectivity index (χ1) is 8.99. The van der Waals surface area contributed by atoms with Crippen LogP contribution in [0.4, 0.5) is 0 Å². The maximum atomic E-state index is 11.5. The highest BCUT2D eigenvalue weighted by molar-refractivity contribution is 5.80. The Kier molecular flexibility index (Phi) is 5.18. The van der Waals surface area contributed by atoms with Crippen molar-refractivity contribution >= 4 is 5.97 Å². The van der Waals surface area contributed by atoms with Crippen LogP contribution in [-0.4, -0.2) is 31.8 Å². The highest BCUT2D eigenvalue weighted by Gasteiger charge is 2.35. The lowest BCUT2D eigenvalue weighted by Gasteiger charge is -2.27. The van der Waals surface area contributed by atoms with Gasteiger partial charge < -0.3 is 14.6 Å². The molecular weight excluding hydrogens is 246 g/mol. The molecule has 0 spiro atoms. The molecule has 0 radical (unpaired) electrons. The third kappa shape index (κ3) is 3.17. The molecule has 1 aromatic carbocycles. The predicted octanol–water partition coefficient (Wildman–Crippen LogP) is 2.00. The number of hydrogen-bond donors (Lipinski definition) is 2. The Hall–Kier alpha value is -1.75. The van der Waals surface area contributed by atoms with Gasteiger partial charge in [-0.1, -0.05) is 13.0 Å². The highest BCUT2D eigenvalue weighted by atomic mass is 16.5. The minimum atomic E-state index is -1.14. The van der Waals surface area contributed by atoms with E-state index in [9.17, 15) is 9.90 Å². The fourth-order valence-electron chi connectivity index (χ4n) is 1.82. The SMILES string of the molecule is CCCNC(C)(C(=O)O)c1ccc(OC)c(OC)c1. The Morgan fingerprint density at radius 2 is 1.95 bits per heavy atom. The number of carboxylic acids is 1. The van der Waals surface area contributed by atoms with Gasteiger partial charge in [0, 0.05) is 0 Å². The van der Waals surface area contributed by atoms with Crippen LogP contribution >= 0.6 is 0 Å². The van der Waals surface area contributed by atoms with Gasteiger partial charge in [0.05, 0.1) is 14.2 Å². The van der Waals surface area contributed by atoms with E-state index in [4.69, 9.17) is 9.47 Å². The monoisotopic (exact) mass is 267 g/mol. The van der Waals surface area contributed by atoms with E-state index in [2.05, 4.69) is 5.32 Å². The van der Waals surface area contributed by atoms with Gasteiger partial charge in [-0.05, 0) is 37.6 Å². The van der Waals surface area contributed by atoms with E-state index < -0.39 is 11.5 Å². The Morgan fingerprint density at radius 3 is 2.42 bits per heavy atom. The van der Waals surface area contributed by atoms with Crippen LogP contribution in [0.5, 0.6) is 11.5 Å². The Morgan fingerprint density at radius 1 is 1.32 bits per heavy atom. The van der Waals surface area contributed by atoms with Gasteiger partial charge in [-0.2, -0.15) is 0 Å². The van der Waals surface area contributed by atoms with Crippen LogP contribution in [0.25, 0.3) is 0 Å². The zero-order valence-corrected chi connectivity index (χ0v) is 11.8. The number of benzene rings is 1. The summed E-state index contributed by atoms with van der Waals surface area (Å²) in [5.74, 6) is 0.174. The lowest BCUT2D eigenvalue weighted by molar-refractivity contribution is -0.144. The van der Waals surface area contributed by atoms with Gasteiger partial charge in [-0.3, -0.25) is 5.32 Å². The van der Waals surface area contributed by atoms with E-state index in [-0.39, 0.29) is 0 Å². The topological polar surface area (TPSA) is 67.8 Å². The second kappa shape index (κ2) is 6.43. The van der Waals surface area contributed by atoms with E-state index in [1.54, 1.807) is 32.2 Å². The van der Waals surface area contributed by atoms with Crippen molar-refractivity contribution in [2.75, 3.05) is 20.8 Å². The molecule has 19 heavy (non-hydrogen) atoms. The van der Waals surface area contributed by atoms with Gasteiger partial charge in [-0.15, -0.1) is 0 Å². The number of carboxylic acid groups (broad SMARTS) is 1. The number of nitrogens with one attached hydrogen (secondary N) is 1. The number of rotatable bonds is 7. The first kappa shape index (κ1) is 15.3. The molecule has 0 aromatic heterocycles. The summed E-state index contributed by atoms with van der Waals surface area (Å²) in [6, 6.07) is 5.14. The van der Waals surface area contributed by atoms with Crippen LogP contribution in [0.15, 0.2) is 18.2 Å². The molecule has 1 rings (SSSR count). The Labute approximate surface area is 113 Å². The smallest absolute Gasteiger partial charge is 0.328 e. The molecule has 5 heteroatoms. The molecule has 0 aliphatic heterocycles. The van der Waals surface area contributed by atoms with Crippen molar-refractivity contribution in [1.29, 1.82) is 0 Å². The summed E-state index contributed by atoms with van der Waals surface area (Å²) < 4.78 is 10.4. The summed E-state index contributed by atoms with van der Waals surface area (Å²) in [5, 5.41) is 12.5. The van der Waals surface area contributed by atoms with E-state index in [0.29, 0.717) is 23.6 Å². The zero-order valence-electron chi connectivity index (χ0n) is 11.8. The maximum absolute atomic E-state index is 11.5. The molecule has 0 bridgehead atoms. The van der Waals surface area contributed by atoms with Crippen molar-refractivity contribution in [2.45, 2.75) is 25.8 Å². The Balaban J connectivity index is 3.20. The van der Waals surface area contributed by atoms with Crippen molar-refractivity contribution in [3.05, 3.63) is 23.8 Å². The molecule has 1 unspecified atom stereocenters. The zero-order chi connectivity index (χ0) is 14.5. The normalized spacial score (nSPS) is 13.7. The summed E-state index contributed by atoms with van der Waals surface area (Å²) in [6.07, 6.45) is 0.857. The summed E-state index contributed by atoms with van der Waals surface area (Å²) >= 11 is 0. The third-order valence-corrected chi connectivity index (χ3v) is 3.12. The van der Waals surface area contributed by atoms with Gasteiger partial charge in [0.1, 0.15) is 5.54 Å². The second-order valence-electron chi connectivity index (χ2n) is 4.43. The van der Waals surface area contributed by atoms with Crippen LogP contribution in [0.1, 0.15) is 25.8 Å². The predicted molar refractivity (Wildman–Crippen MR) is 72.8 cm³/mol. The van der Waals surface area contributed by atoms with Crippen LogP contribution in [-0.2, 0) is 10.3 Å². The third-order valence-electron chi connectivity index (χ3n) is 3.12. The van der Waals surface area contributed by atoms with Gasteiger partial charge in [0.2, 0.25) is 0 Å². The van der Waals surface area contributed by atoms with E-state index in [1.807, 2.05) is 6.92 Å². The molecule has 0 amide bonds. The van der Waals surface area contributed by atoms with Crippen molar-refractivity contribution in [3.63, 3.8) is 0 Å². The molecule has 1 aromatic rings. The largest absolute Gasteiger partial charge is 0.493 e. The molecule has 106 valence electrons. The number of hydrogen-bond acceptors (Lipinski definition) is 4. The molecule has 0 saturated carbocycles. The maximum Gasteiger partial charge on any atom is 0.328 e. The van der Waals surface area contributed by atoms with Crippen LogP contribution in [0, 0.1) is 0 Å². The van der Waals surface area contributed by atoms with Crippen LogP contribution in [0.2, 0.25) is 0 Å². The Bertz CT molecular complexity index is 447. The summed E-state index contributed by atoms with van der Waals surface area (Å²) in [7, 11) is 3.07. The van der Waals surface area contributed by atoms with Crippen molar-refractivity contribution in [1.82, 2.24) is 5.32 Å². The number of carbonyl (C=O) groups is 1. The molecule has 0 saturated heterocycles. The van der Waals surface area contributed by atoms with Gasteiger partial charge in [0.25, 0.3) is 0 Å². The van der Waals surface area contributed by atoms with Gasteiger partial charge in [0.15, 0.2) is 11.5 Å². The molecule has 0 heterocycles. The number of aliphatic carboxylic acids is 1. The highest BCUT2D eigenvalue weighted by Crippen LogP contribution is 2.32. The molecule has 5 nitrogen and oxygen atoms in total. The first-order valence-electron chi connectivity index (χ1n) is 6.20. The summed E-state index contributed by atoms with van der Waals surface area (Å²) in [6.45, 7) is 4.26. The van der Waals surface area contributed by atoms with Crippen LogP contribution in [0.3, 0.4) is 0 Å². The van der Waals surface area contributed by atoms with Gasteiger partial charge in [-0.25, -0.2) is 4.79 Å². The number of ether oxygens (including phenoxy) is 2. The molecule has 0 fully saturated rings. The standard InChI is InChI=1S/C14H21NO4/c1-5-8-15-14(2,13(16)17)10-6-7-11(18-3)12(9-10)19-4/h6-7,9,15H,5,8H2,1-4H3,(H,16,17). The lowest BCUT2D eigenvalue weighted by atomic mass is 9.91. The fraction of sp³-hybridized carbons (Fsp3) is 0.500. The minimum absolute atomic E-state index is 0.519. The first-order valence-corrected chi connectivity index (χ1v) is 6.20. The summed E-state index contributed by atoms with van der Waals surface area (Å²) in [4.78, 5) is 11.5. The van der Waals surface area contributed by atoms with Crippen LogP contribution < -0.4 is 14.8 Å². The molecule has 2 N–H and O–H groups in total. The minimum Gasteiger partial charge on any atom is -0.493 e. The van der Waals surface area contributed by atoms with E-state index in [1.165, 1.54) is 7.11 Å². The summed E-state index contributed by atoms with van der Waals surface area (Å²) in [5.41, 5.74) is -0.513. The molecule has 0 aliphatic rings. The number of methoxy groups -OCH3 is 2. The second-order valence-corrected chi connectivity index (χ2v) is 4.43. The lowest BCUT2D eigenvalue weighted by Crippen LogP contribution is -2.46. The van der Waals surface area contributed by atoms with Gasteiger partial charge >= 0.3 is 5.97 Å². The molecule has 0 aliphatic carbocycles. The van der Waals surface area contributed by atoms with E-state index in [0.717, 1.165) is 6.42 Å². The van der Waals surface area contributed by atoms with Crippen molar-refractivity contribution in [3.8, 4) is 11.5 Å². The quantitative estimate of drug-likeness (QED) is 0.791. The molecular formula is C14H21NO4.